The van der Waals surface area contributed by atoms with Gasteiger partial charge in [-0.3, -0.25) is 4.99 Å². The van der Waals surface area contributed by atoms with Gasteiger partial charge in [-0.15, -0.1) is 0 Å². The van der Waals surface area contributed by atoms with E-state index in [1.165, 1.54) is 0 Å². The monoisotopic (exact) mass is 287 g/mol. The Bertz CT molecular complexity index is 711. The summed E-state index contributed by atoms with van der Waals surface area (Å²) in [6.07, 6.45) is 1.74. The first-order valence-electron chi connectivity index (χ1n) is 7.25. The van der Waals surface area contributed by atoms with Gasteiger partial charge in [0.25, 0.3) is 0 Å². The maximum Gasteiger partial charge on any atom is 0.124 e. The SMILES string of the molecule is Oc1ccccc1C=NC(c1ccccc1)c1ccccc1. The van der Waals surface area contributed by atoms with Crippen LogP contribution in [0.4, 0.5) is 0 Å². The number of hydrogen-bond acceptors (Lipinski definition) is 2. The third kappa shape index (κ3) is 3.23. The van der Waals surface area contributed by atoms with Gasteiger partial charge in [-0.1, -0.05) is 72.8 Å². The summed E-state index contributed by atoms with van der Waals surface area (Å²) in [7, 11) is 0. The molecule has 0 saturated heterocycles. The lowest BCUT2D eigenvalue weighted by molar-refractivity contribution is 0.474. The van der Waals surface area contributed by atoms with Crippen LogP contribution in [-0.2, 0) is 0 Å². The maximum absolute atomic E-state index is 9.87. The number of aromatic hydroxyl groups is 1. The molecule has 0 atom stereocenters. The van der Waals surface area contributed by atoms with Crippen molar-refractivity contribution in [3.05, 3.63) is 102 Å². The summed E-state index contributed by atoms with van der Waals surface area (Å²) in [5, 5.41) is 9.87. The van der Waals surface area contributed by atoms with Gasteiger partial charge in [0.15, 0.2) is 0 Å². The van der Waals surface area contributed by atoms with E-state index in [-0.39, 0.29) is 11.8 Å². The number of benzene rings is 3. The minimum Gasteiger partial charge on any atom is -0.507 e. The molecule has 3 aromatic carbocycles. The minimum absolute atomic E-state index is 0.0815. The van der Waals surface area contributed by atoms with Crippen LogP contribution in [0.2, 0.25) is 0 Å². The van der Waals surface area contributed by atoms with Crippen LogP contribution in [0.1, 0.15) is 22.7 Å². The summed E-state index contributed by atoms with van der Waals surface area (Å²) >= 11 is 0. The van der Waals surface area contributed by atoms with Crippen LogP contribution in [-0.4, -0.2) is 11.3 Å². The zero-order chi connectivity index (χ0) is 15.2. The first-order valence-corrected chi connectivity index (χ1v) is 7.25. The van der Waals surface area contributed by atoms with Crippen LogP contribution in [0.15, 0.2) is 89.9 Å². The average molecular weight is 287 g/mol. The van der Waals surface area contributed by atoms with Crippen LogP contribution < -0.4 is 0 Å². The van der Waals surface area contributed by atoms with E-state index >= 15 is 0 Å². The third-order valence-corrected chi connectivity index (χ3v) is 3.53. The van der Waals surface area contributed by atoms with E-state index in [0.717, 1.165) is 16.7 Å². The molecule has 108 valence electrons. The molecule has 2 heteroatoms. The molecular formula is C20H17NO. The number of nitrogens with zero attached hydrogens (tertiary/aromatic N) is 1. The van der Waals surface area contributed by atoms with Crippen LogP contribution in [0, 0.1) is 0 Å². The second-order valence-electron chi connectivity index (χ2n) is 5.06. The second kappa shape index (κ2) is 6.72. The molecule has 0 bridgehead atoms. The summed E-state index contributed by atoms with van der Waals surface area (Å²) in [6.45, 7) is 0. The Morgan fingerprint density at radius 3 is 1.73 bits per heavy atom. The molecule has 22 heavy (non-hydrogen) atoms. The normalized spacial score (nSPS) is 11.1. The van der Waals surface area contributed by atoms with Crippen molar-refractivity contribution in [2.45, 2.75) is 6.04 Å². The Hall–Kier alpha value is -2.87. The maximum atomic E-state index is 9.87. The lowest BCUT2D eigenvalue weighted by Crippen LogP contribution is -1.98. The highest BCUT2D eigenvalue weighted by Gasteiger charge is 2.11. The molecule has 3 aromatic rings. The summed E-state index contributed by atoms with van der Waals surface area (Å²) in [6, 6.07) is 27.5. The quantitative estimate of drug-likeness (QED) is 0.699. The first-order chi connectivity index (χ1) is 10.8. The fraction of sp³-hybridized carbons (Fsp3) is 0.0500. The molecule has 0 aromatic heterocycles. The van der Waals surface area contributed by atoms with E-state index in [0.29, 0.717) is 0 Å². The molecule has 0 aliphatic carbocycles. The predicted octanol–water partition coefficient (Wildman–Crippen LogP) is 4.60. The van der Waals surface area contributed by atoms with Crippen molar-refractivity contribution < 1.29 is 5.11 Å². The molecule has 0 spiro atoms. The molecule has 0 radical (unpaired) electrons. The zero-order valence-electron chi connectivity index (χ0n) is 12.1. The van der Waals surface area contributed by atoms with Gasteiger partial charge in [0.05, 0.1) is 6.04 Å². The standard InChI is InChI=1S/C20H17NO/c22-19-14-8-7-13-18(19)15-21-20(16-9-3-1-4-10-16)17-11-5-2-6-12-17/h1-15,20,22H. The topological polar surface area (TPSA) is 32.6 Å². The van der Waals surface area contributed by atoms with E-state index in [9.17, 15) is 5.11 Å². The Morgan fingerprint density at radius 1 is 0.682 bits per heavy atom. The molecule has 0 saturated carbocycles. The van der Waals surface area contributed by atoms with Crippen molar-refractivity contribution >= 4 is 6.21 Å². The minimum atomic E-state index is -0.0815. The van der Waals surface area contributed by atoms with Crippen molar-refractivity contribution in [1.29, 1.82) is 0 Å². The van der Waals surface area contributed by atoms with Gasteiger partial charge in [0, 0.05) is 11.8 Å². The third-order valence-electron chi connectivity index (χ3n) is 3.53. The summed E-state index contributed by atoms with van der Waals surface area (Å²) < 4.78 is 0. The lowest BCUT2D eigenvalue weighted by Gasteiger charge is -2.13. The van der Waals surface area contributed by atoms with Gasteiger partial charge < -0.3 is 5.11 Å². The predicted molar refractivity (Wildman–Crippen MR) is 90.4 cm³/mol. The number of para-hydroxylation sites is 1. The Morgan fingerprint density at radius 2 is 1.18 bits per heavy atom. The smallest absolute Gasteiger partial charge is 0.124 e. The molecule has 3 rings (SSSR count). The van der Waals surface area contributed by atoms with E-state index in [1.54, 1.807) is 18.3 Å². The van der Waals surface area contributed by atoms with Crippen LogP contribution >= 0.6 is 0 Å². The van der Waals surface area contributed by atoms with Gasteiger partial charge in [0.1, 0.15) is 5.75 Å². The van der Waals surface area contributed by atoms with E-state index in [2.05, 4.69) is 24.3 Å². The molecule has 0 aliphatic rings. The largest absolute Gasteiger partial charge is 0.507 e. The van der Waals surface area contributed by atoms with Gasteiger partial charge in [0.2, 0.25) is 0 Å². The Balaban J connectivity index is 1.98. The number of hydrogen-bond donors (Lipinski definition) is 1. The first kappa shape index (κ1) is 14.1. The van der Waals surface area contributed by atoms with E-state index < -0.39 is 0 Å². The molecule has 1 N–H and O–H groups in total. The lowest BCUT2D eigenvalue weighted by atomic mass is 9.99. The van der Waals surface area contributed by atoms with Crippen molar-refractivity contribution in [3.63, 3.8) is 0 Å². The molecule has 2 nitrogen and oxygen atoms in total. The summed E-state index contributed by atoms with van der Waals surface area (Å²) in [5.74, 6) is 0.242. The molecular weight excluding hydrogens is 270 g/mol. The number of aliphatic imine (C=N–C) groups is 1. The van der Waals surface area contributed by atoms with Crippen LogP contribution in [0.3, 0.4) is 0 Å². The second-order valence-corrected chi connectivity index (χ2v) is 5.06. The molecule has 0 fully saturated rings. The average Bonchev–Trinajstić information content (AvgIpc) is 2.59. The van der Waals surface area contributed by atoms with Crippen molar-refractivity contribution in [3.8, 4) is 5.75 Å². The van der Waals surface area contributed by atoms with Gasteiger partial charge in [-0.25, -0.2) is 0 Å². The number of phenols is 1. The molecule has 0 heterocycles. The fourth-order valence-corrected chi connectivity index (χ4v) is 2.39. The van der Waals surface area contributed by atoms with Crippen molar-refractivity contribution in [1.82, 2.24) is 0 Å². The van der Waals surface area contributed by atoms with Gasteiger partial charge in [-0.2, -0.15) is 0 Å². The highest BCUT2D eigenvalue weighted by Crippen LogP contribution is 2.26. The van der Waals surface area contributed by atoms with Crippen LogP contribution in [0.25, 0.3) is 0 Å². The number of phenolic OH excluding ortho intramolecular Hbond substituents is 1. The van der Waals surface area contributed by atoms with Crippen molar-refractivity contribution in [2.24, 2.45) is 4.99 Å². The molecule has 0 amide bonds. The highest BCUT2D eigenvalue weighted by molar-refractivity contribution is 5.83. The van der Waals surface area contributed by atoms with Gasteiger partial charge >= 0.3 is 0 Å². The fourth-order valence-electron chi connectivity index (χ4n) is 2.39. The Kier molecular flexibility index (Phi) is 4.30. The van der Waals surface area contributed by atoms with Gasteiger partial charge in [-0.05, 0) is 23.3 Å². The van der Waals surface area contributed by atoms with Crippen molar-refractivity contribution in [2.75, 3.05) is 0 Å². The zero-order valence-corrected chi connectivity index (χ0v) is 12.1. The van der Waals surface area contributed by atoms with E-state index in [1.807, 2.05) is 48.5 Å². The van der Waals surface area contributed by atoms with Crippen LogP contribution in [0.5, 0.6) is 5.75 Å². The summed E-state index contributed by atoms with van der Waals surface area (Å²) in [5.41, 5.74) is 2.97. The highest BCUT2D eigenvalue weighted by atomic mass is 16.3. The summed E-state index contributed by atoms with van der Waals surface area (Å²) in [4.78, 5) is 4.71. The molecule has 0 aliphatic heterocycles. The number of rotatable bonds is 4. The van der Waals surface area contributed by atoms with E-state index in [4.69, 9.17) is 4.99 Å². The molecule has 0 unspecified atom stereocenters. The Labute approximate surface area is 130 Å².